The van der Waals surface area contributed by atoms with Gasteiger partial charge in [-0.25, -0.2) is 12.8 Å². The van der Waals surface area contributed by atoms with E-state index in [1.165, 1.54) is 24.3 Å². The summed E-state index contributed by atoms with van der Waals surface area (Å²) in [6, 6.07) is 12.1. The Morgan fingerprint density at radius 2 is 1.76 bits per heavy atom. The van der Waals surface area contributed by atoms with Crippen molar-refractivity contribution in [3.05, 3.63) is 60.2 Å². The minimum atomic E-state index is -3.87. The van der Waals surface area contributed by atoms with Crippen LogP contribution in [0.4, 0.5) is 4.39 Å². The third-order valence-corrected chi connectivity index (χ3v) is 4.76. The van der Waals surface area contributed by atoms with Crippen molar-refractivity contribution in [2.45, 2.75) is 11.0 Å². The lowest BCUT2D eigenvalue weighted by atomic mass is 10.2. The maximum atomic E-state index is 12.9. The highest BCUT2D eigenvalue weighted by atomic mass is 32.2. The van der Waals surface area contributed by atoms with Gasteiger partial charge < -0.3 is 8.94 Å². The van der Waals surface area contributed by atoms with E-state index >= 15 is 0 Å². The molecule has 126 valence electrons. The molecule has 0 aliphatic rings. The summed E-state index contributed by atoms with van der Waals surface area (Å²) in [5.74, 6) is -0.865. The molecule has 9 heteroatoms. The van der Waals surface area contributed by atoms with Gasteiger partial charge in [0.1, 0.15) is 17.1 Å². The number of aromatic nitrogens is 3. The zero-order chi connectivity index (χ0) is 17.4. The number of para-hydroxylation sites is 2. The van der Waals surface area contributed by atoms with E-state index in [9.17, 15) is 12.8 Å². The van der Waals surface area contributed by atoms with Crippen molar-refractivity contribution in [1.82, 2.24) is 15.1 Å². The fraction of sp³-hybridized carbons (Fsp3) is 0.0625. The van der Waals surface area contributed by atoms with E-state index in [0.29, 0.717) is 16.7 Å². The topological polar surface area (TPSA) is 99.1 Å². The van der Waals surface area contributed by atoms with E-state index in [2.05, 4.69) is 15.1 Å². The van der Waals surface area contributed by atoms with Crippen LogP contribution in [0, 0.1) is 5.82 Å². The van der Waals surface area contributed by atoms with Crippen LogP contribution in [0.2, 0.25) is 0 Å². The molecule has 2 aromatic carbocycles. The van der Waals surface area contributed by atoms with E-state index < -0.39 is 26.6 Å². The van der Waals surface area contributed by atoms with Gasteiger partial charge in [0.2, 0.25) is 9.84 Å². The quantitative estimate of drug-likeness (QED) is 0.552. The highest BCUT2D eigenvalue weighted by molar-refractivity contribution is 7.90. The average molecular weight is 359 g/mol. The molecular formula is C16H10FN3O4S. The largest absolute Gasteiger partial charge is 0.428 e. The number of halogens is 1. The first-order valence-corrected chi connectivity index (χ1v) is 8.83. The Labute approximate surface area is 141 Å². The van der Waals surface area contributed by atoms with E-state index in [4.69, 9.17) is 8.94 Å². The Balaban J connectivity index is 1.62. The lowest BCUT2D eigenvalue weighted by molar-refractivity contribution is 0.423. The normalized spacial score (nSPS) is 11.9. The summed E-state index contributed by atoms with van der Waals surface area (Å²) in [5.41, 5.74) is 1.31. The van der Waals surface area contributed by atoms with E-state index in [-0.39, 0.29) is 11.7 Å². The van der Waals surface area contributed by atoms with Gasteiger partial charge in [-0.2, -0.15) is 9.97 Å². The van der Waals surface area contributed by atoms with Crippen LogP contribution in [0.25, 0.3) is 22.6 Å². The molecule has 2 heterocycles. The van der Waals surface area contributed by atoms with Gasteiger partial charge in [0, 0.05) is 5.56 Å². The molecule has 0 aliphatic carbocycles. The van der Waals surface area contributed by atoms with Crippen LogP contribution in [0.3, 0.4) is 0 Å². The van der Waals surface area contributed by atoms with Crippen LogP contribution in [0.15, 0.2) is 62.7 Å². The zero-order valence-electron chi connectivity index (χ0n) is 12.6. The second-order valence-electron chi connectivity index (χ2n) is 5.23. The molecule has 0 fully saturated rings. The molecule has 0 N–H and O–H groups in total. The first kappa shape index (κ1) is 15.5. The van der Waals surface area contributed by atoms with Gasteiger partial charge in [-0.15, -0.1) is 0 Å². The molecule has 0 spiro atoms. The molecule has 0 radical (unpaired) electrons. The van der Waals surface area contributed by atoms with Gasteiger partial charge in [-0.1, -0.05) is 17.3 Å². The first-order chi connectivity index (χ1) is 12.0. The maximum Gasteiger partial charge on any atom is 0.316 e. The summed E-state index contributed by atoms with van der Waals surface area (Å²) >= 11 is 0. The first-order valence-electron chi connectivity index (χ1n) is 7.18. The Morgan fingerprint density at radius 1 is 1.00 bits per heavy atom. The van der Waals surface area contributed by atoms with Crippen molar-refractivity contribution in [2.24, 2.45) is 0 Å². The molecule has 0 atom stereocenters. The monoisotopic (exact) mass is 359 g/mol. The fourth-order valence-electron chi connectivity index (χ4n) is 2.24. The highest BCUT2D eigenvalue weighted by Gasteiger charge is 2.25. The number of nitrogens with zero attached hydrogens (tertiary/aromatic N) is 3. The van der Waals surface area contributed by atoms with E-state index in [1.807, 2.05) is 0 Å². The predicted octanol–water partition coefficient (Wildman–Crippen LogP) is 2.99. The van der Waals surface area contributed by atoms with Crippen LogP contribution in [0.1, 0.15) is 5.82 Å². The molecule has 7 nitrogen and oxygen atoms in total. The minimum Gasteiger partial charge on any atom is -0.428 e. The smallest absolute Gasteiger partial charge is 0.316 e. The zero-order valence-corrected chi connectivity index (χ0v) is 13.4. The van der Waals surface area contributed by atoms with Gasteiger partial charge in [0.15, 0.2) is 11.4 Å². The van der Waals surface area contributed by atoms with Crippen LogP contribution < -0.4 is 0 Å². The van der Waals surface area contributed by atoms with Crippen LogP contribution in [0.5, 0.6) is 0 Å². The number of oxazole rings is 1. The number of fused-ring (bicyclic) bond motifs is 1. The number of hydrogen-bond donors (Lipinski definition) is 0. The number of sulfone groups is 1. The summed E-state index contributed by atoms with van der Waals surface area (Å²) in [6.07, 6.45) is 0. The molecule has 0 saturated heterocycles. The lowest BCUT2D eigenvalue weighted by Crippen LogP contribution is -2.06. The Morgan fingerprint density at radius 3 is 2.52 bits per heavy atom. The molecule has 4 aromatic rings. The molecule has 0 saturated carbocycles. The molecule has 25 heavy (non-hydrogen) atoms. The van der Waals surface area contributed by atoms with Crippen molar-refractivity contribution in [3.8, 4) is 11.5 Å². The molecule has 0 aliphatic heterocycles. The van der Waals surface area contributed by atoms with Crippen molar-refractivity contribution >= 4 is 20.9 Å². The number of rotatable bonds is 4. The molecule has 2 aromatic heterocycles. The predicted molar refractivity (Wildman–Crippen MR) is 84.6 cm³/mol. The second kappa shape index (κ2) is 5.78. The molecular weight excluding hydrogens is 349 g/mol. The highest BCUT2D eigenvalue weighted by Crippen LogP contribution is 2.22. The molecule has 0 amide bonds. The number of benzene rings is 2. The van der Waals surface area contributed by atoms with Crippen LogP contribution in [-0.2, 0) is 15.6 Å². The number of hydrogen-bond acceptors (Lipinski definition) is 7. The van der Waals surface area contributed by atoms with Crippen molar-refractivity contribution < 1.29 is 21.7 Å². The maximum absolute atomic E-state index is 12.9. The Kier molecular flexibility index (Phi) is 3.57. The Bertz CT molecular complexity index is 1120. The van der Waals surface area contributed by atoms with Crippen molar-refractivity contribution in [1.29, 1.82) is 0 Å². The SMILES string of the molecule is O=S(=O)(Cc1noc(-c2ccc(F)cc2)n1)c1nc2ccccc2o1. The van der Waals surface area contributed by atoms with Crippen LogP contribution in [-0.4, -0.2) is 23.5 Å². The fourth-order valence-corrected chi connectivity index (χ4v) is 3.27. The molecule has 0 bridgehead atoms. The lowest BCUT2D eigenvalue weighted by Gasteiger charge is -1.94. The van der Waals surface area contributed by atoms with E-state index in [1.54, 1.807) is 24.3 Å². The van der Waals surface area contributed by atoms with Gasteiger partial charge in [0.25, 0.3) is 5.89 Å². The van der Waals surface area contributed by atoms with Gasteiger partial charge in [-0.3, -0.25) is 0 Å². The summed E-state index contributed by atoms with van der Waals surface area (Å²) in [4.78, 5) is 8.00. The summed E-state index contributed by atoms with van der Waals surface area (Å²) < 4.78 is 48.1. The van der Waals surface area contributed by atoms with Crippen LogP contribution >= 0.6 is 0 Å². The van der Waals surface area contributed by atoms with Gasteiger partial charge in [0.05, 0.1) is 0 Å². The average Bonchev–Trinajstić information content (AvgIpc) is 3.22. The van der Waals surface area contributed by atoms with Crippen molar-refractivity contribution in [2.75, 3.05) is 0 Å². The van der Waals surface area contributed by atoms with E-state index in [0.717, 1.165) is 0 Å². The Hall–Kier alpha value is -3.07. The third-order valence-electron chi connectivity index (χ3n) is 3.42. The van der Waals surface area contributed by atoms with Gasteiger partial charge >= 0.3 is 5.22 Å². The second-order valence-corrected chi connectivity index (χ2v) is 7.10. The summed E-state index contributed by atoms with van der Waals surface area (Å²) in [5, 5.41) is 3.25. The third kappa shape index (κ3) is 3.01. The minimum absolute atomic E-state index is 0.0402. The summed E-state index contributed by atoms with van der Waals surface area (Å²) in [6.45, 7) is 0. The van der Waals surface area contributed by atoms with Gasteiger partial charge in [-0.05, 0) is 36.4 Å². The molecule has 0 unspecified atom stereocenters. The van der Waals surface area contributed by atoms with Crippen molar-refractivity contribution in [3.63, 3.8) is 0 Å². The molecule has 4 rings (SSSR count). The summed E-state index contributed by atoms with van der Waals surface area (Å²) in [7, 11) is -3.87. The standard InChI is InChI=1S/C16H10FN3O4S/c17-11-7-5-10(6-8-11)15-19-14(20-24-15)9-25(21,22)16-18-12-3-1-2-4-13(12)23-16/h1-8H,9H2.